The Morgan fingerprint density at radius 3 is 1.68 bits per heavy atom. The number of carbonyl (C=O) groups is 4. The predicted octanol–water partition coefficient (Wildman–Crippen LogP) is 7.20. The lowest BCUT2D eigenvalue weighted by molar-refractivity contribution is -0.166. The molecule has 0 fully saturated rings. The van der Waals surface area contributed by atoms with Gasteiger partial charge in [0.1, 0.15) is 11.9 Å². The summed E-state index contributed by atoms with van der Waals surface area (Å²) in [6, 6.07) is 31.0. The van der Waals surface area contributed by atoms with Crippen LogP contribution in [-0.4, -0.2) is 71.8 Å². The van der Waals surface area contributed by atoms with Crippen molar-refractivity contribution in [3.05, 3.63) is 136 Å². The highest BCUT2D eigenvalue weighted by Gasteiger charge is 2.41. The average molecular weight is 698 g/mol. The number of hydrogen-bond acceptors (Lipinski definition) is 9. The molecule has 5 rings (SSSR count). The third-order valence-corrected chi connectivity index (χ3v) is 8.49. The summed E-state index contributed by atoms with van der Waals surface area (Å²) in [7, 11) is 4.20. The van der Waals surface area contributed by atoms with Crippen LogP contribution in [0.2, 0.25) is 0 Å². The topological polar surface area (TPSA) is 140 Å². The van der Waals surface area contributed by atoms with Gasteiger partial charge in [0.15, 0.2) is 0 Å². The molecule has 0 spiro atoms. The van der Waals surface area contributed by atoms with Crippen LogP contribution in [0.3, 0.4) is 0 Å². The van der Waals surface area contributed by atoms with Gasteiger partial charge in [-0.05, 0) is 75.1 Å². The first-order chi connectivity index (χ1) is 23.9. The smallest absolute Gasteiger partial charge is 0.349 e. The van der Waals surface area contributed by atoms with Crippen molar-refractivity contribution in [1.82, 2.24) is 4.90 Å². The van der Waals surface area contributed by atoms with Crippen LogP contribution in [0, 0.1) is 13.8 Å². The molecule has 4 aromatic carbocycles. The molecular weight excluding hydrogens is 658 g/mol. The lowest BCUT2D eigenvalue weighted by Gasteiger charge is -2.21. The van der Waals surface area contributed by atoms with Gasteiger partial charge in [-0.1, -0.05) is 77.9 Å². The normalized spacial score (nSPS) is 12.6. The molecule has 0 bridgehead atoms. The Bertz CT molecular complexity index is 1810. The maximum absolute atomic E-state index is 12.2. The van der Waals surface area contributed by atoms with Crippen LogP contribution in [0.15, 0.2) is 109 Å². The highest BCUT2D eigenvalue weighted by molar-refractivity contribution is 7.10. The molecule has 10 nitrogen and oxygen atoms in total. The fourth-order valence-electron chi connectivity index (χ4n) is 4.79. The van der Waals surface area contributed by atoms with Gasteiger partial charge in [-0.3, -0.25) is 0 Å². The lowest BCUT2D eigenvalue weighted by atomic mass is 10.1. The second-order valence-electron chi connectivity index (χ2n) is 11.8. The standard InChI is InChI=1S/C20H18O8.C19H21NOS/c1-11-3-7-13(8-4-11)19(25)27-15(17(21)22)16(18(23)24)28-20(26)14-9-5-12(2)6-10-14;1-20(2)13-12-18(19-11-6-14-22-19)21-17-10-5-8-15-7-3-4-9-16(15)17/h3-10,15-16H,1-2H3,(H,21,22)(H,23,24);3-11,14,18H,12-13H2,1-2H3/t15-,16-;18-/m10/s1. The molecule has 3 atom stereocenters. The molecule has 0 saturated heterocycles. The van der Waals surface area contributed by atoms with Gasteiger partial charge in [0, 0.05) is 23.2 Å². The number of carboxylic acids is 2. The van der Waals surface area contributed by atoms with Gasteiger partial charge in [0.05, 0.1) is 11.1 Å². The minimum atomic E-state index is -2.22. The molecule has 0 aliphatic carbocycles. The number of fused-ring (bicyclic) bond motifs is 1. The van der Waals surface area contributed by atoms with Gasteiger partial charge in [-0.2, -0.15) is 0 Å². The molecule has 1 aromatic heterocycles. The number of aryl methyl sites for hydroxylation is 2. The number of carbonyl (C=O) groups excluding carboxylic acids is 2. The molecule has 5 aromatic rings. The number of thiophene rings is 1. The van der Waals surface area contributed by atoms with Crippen molar-refractivity contribution < 1.29 is 43.6 Å². The quantitative estimate of drug-likeness (QED) is 0.122. The molecule has 0 radical (unpaired) electrons. The fourth-order valence-corrected chi connectivity index (χ4v) is 5.58. The summed E-state index contributed by atoms with van der Waals surface area (Å²) in [6.45, 7) is 4.59. The van der Waals surface area contributed by atoms with Gasteiger partial charge >= 0.3 is 23.9 Å². The zero-order valence-corrected chi connectivity index (χ0v) is 29.0. The maximum Gasteiger partial charge on any atom is 0.349 e. The van der Waals surface area contributed by atoms with Crippen LogP contribution in [0.25, 0.3) is 10.8 Å². The zero-order chi connectivity index (χ0) is 36.2. The van der Waals surface area contributed by atoms with E-state index in [0.29, 0.717) is 0 Å². The van der Waals surface area contributed by atoms with E-state index >= 15 is 0 Å². The number of hydrogen-bond donors (Lipinski definition) is 2. The number of ether oxygens (including phenoxy) is 3. The number of carboxylic acid groups (broad SMARTS) is 2. The van der Waals surface area contributed by atoms with Crippen LogP contribution < -0.4 is 4.74 Å². The van der Waals surface area contributed by atoms with Crippen LogP contribution >= 0.6 is 11.3 Å². The number of rotatable bonds is 13. The zero-order valence-electron chi connectivity index (χ0n) is 28.1. The van der Waals surface area contributed by atoms with Crippen molar-refractivity contribution in [2.24, 2.45) is 0 Å². The second kappa shape index (κ2) is 17.8. The first kappa shape index (κ1) is 37.3. The summed E-state index contributed by atoms with van der Waals surface area (Å²) in [5.74, 6) is -4.65. The fraction of sp³-hybridized carbons (Fsp3) is 0.231. The highest BCUT2D eigenvalue weighted by atomic mass is 32.1. The minimum absolute atomic E-state index is 0.0332. The summed E-state index contributed by atoms with van der Waals surface area (Å²) in [5.41, 5.74) is 1.79. The summed E-state index contributed by atoms with van der Waals surface area (Å²) in [6.07, 6.45) is -3.36. The number of benzene rings is 4. The third-order valence-electron chi connectivity index (χ3n) is 7.52. The van der Waals surface area contributed by atoms with Crippen LogP contribution in [0.1, 0.15) is 49.2 Å². The monoisotopic (exact) mass is 697 g/mol. The Balaban J connectivity index is 0.000000231. The van der Waals surface area contributed by atoms with Gasteiger partial charge in [0.25, 0.3) is 0 Å². The molecule has 0 amide bonds. The van der Waals surface area contributed by atoms with Crippen molar-refractivity contribution in [2.75, 3.05) is 20.6 Å². The first-order valence-electron chi connectivity index (χ1n) is 15.8. The van der Waals surface area contributed by atoms with E-state index < -0.39 is 36.1 Å². The van der Waals surface area contributed by atoms with Gasteiger partial charge < -0.3 is 29.3 Å². The molecule has 260 valence electrons. The summed E-state index contributed by atoms with van der Waals surface area (Å²) in [4.78, 5) is 50.8. The molecule has 0 unspecified atom stereocenters. The third kappa shape index (κ3) is 10.5. The highest BCUT2D eigenvalue weighted by Crippen LogP contribution is 2.32. The minimum Gasteiger partial charge on any atom is -0.484 e. The molecule has 11 heteroatoms. The Morgan fingerprint density at radius 2 is 1.20 bits per heavy atom. The van der Waals surface area contributed by atoms with Gasteiger partial charge in [-0.15, -0.1) is 11.3 Å². The largest absolute Gasteiger partial charge is 0.484 e. The summed E-state index contributed by atoms with van der Waals surface area (Å²) >= 11 is 1.76. The van der Waals surface area contributed by atoms with Crippen molar-refractivity contribution >= 4 is 46.0 Å². The Labute approximate surface area is 294 Å². The van der Waals surface area contributed by atoms with E-state index in [1.54, 1.807) is 49.4 Å². The predicted molar refractivity (Wildman–Crippen MR) is 191 cm³/mol. The van der Waals surface area contributed by atoms with Crippen LogP contribution in [0.4, 0.5) is 0 Å². The van der Waals surface area contributed by atoms with Crippen molar-refractivity contribution in [1.29, 1.82) is 0 Å². The van der Waals surface area contributed by atoms with E-state index in [4.69, 9.17) is 14.2 Å². The van der Waals surface area contributed by atoms with E-state index in [0.717, 1.165) is 29.8 Å². The first-order valence-corrected chi connectivity index (χ1v) is 16.6. The average Bonchev–Trinajstić information content (AvgIpc) is 3.64. The van der Waals surface area contributed by atoms with E-state index in [9.17, 15) is 29.4 Å². The van der Waals surface area contributed by atoms with Crippen molar-refractivity contribution in [3.63, 3.8) is 0 Å². The SMILES string of the molecule is CN(C)CC[C@H](Oc1cccc2ccccc12)c1cccs1.Cc1ccc(C(=O)O[C@@H](C(=O)O)[C@@H](OC(=O)c2ccc(C)cc2)C(=O)O)cc1. The molecule has 0 aliphatic heterocycles. The van der Waals surface area contributed by atoms with Gasteiger partial charge in [-0.25, -0.2) is 19.2 Å². The summed E-state index contributed by atoms with van der Waals surface area (Å²) in [5, 5.41) is 23.2. The van der Waals surface area contributed by atoms with Crippen LogP contribution in [0.5, 0.6) is 5.75 Å². The Hall–Kier alpha value is -5.52. The number of nitrogens with zero attached hydrogens (tertiary/aromatic N) is 1. The van der Waals surface area contributed by atoms with Crippen molar-refractivity contribution in [3.8, 4) is 5.75 Å². The van der Waals surface area contributed by atoms with E-state index in [2.05, 4.69) is 79.0 Å². The summed E-state index contributed by atoms with van der Waals surface area (Å²) < 4.78 is 16.0. The molecule has 0 aliphatic rings. The van der Waals surface area contributed by atoms with E-state index in [1.165, 1.54) is 39.9 Å². The second-order valence-corrected chi connectivity index (χ2v) is 12.7. The van der Waals surface area contributed by atoms with Crippen molar-refractivity contribution in [2.45, 2.75) is 38.6 Å². The number of aliphatic carboxylic acids is 2. The molecule has 1 heterocycles. The Kier molecular flexibility index (Phi) is 13.2. The van der Waals surface area contributed by atoms with Crippen LogP contribution in [-0.2, 0) is 19.1 Å². The molecular formula is C39H39NO9S. The molecule has 50 heavy (non-hydrogen) atoms. The van der Waals surface area contributed by atoms with Gasteiger partial charge in [0.2, 0.25) is 12.2 Å². The number of esters is 2. The van der Waals surface area contributed by atoms with E-state index in [-0.39, 0.29) is 17.2 Å². The Morgan fingerprint density at radius 1 is 0.680 bits per heavy atom. The lowest BCUT2D eigenvalue weighted by Crippen LogP contribution is -2.45. The maximum atomic E-state index is 12.2. The molecule has 0 saturated carbocycles. The van der Waals surface area contributed by atoms with E-state index in [1.807, 2.05) is 0 Å². The molecule has 2 N–H and O–H groups in total.